The molecule has 2 aliphatic carbocycles. The van der Waals surface area contributed by atoms with E-state index < -0.39 is 17.3 Å². The number of nitriles is 2. The number of rotatable bonds is 5. The minimum Gasteiger partial charge on any atom is -0.481 e. The summed E-state index contributed by atoms with van der Waals surface area (Å²) in [5.74, 6) is -0.310. The lowest BCUT2D eigenvalue weighted by atomic mass is 9.65. The van der Waals surface area contributed by atoms with Gasteiger partial charge in [0.1, 0.15) is 17.5 Å². The first kappa shape index (κ1) is 25.6. The smallest absolute Gasteiger partial charge is 0.224 e. The Balaban J connectivity index is 1.64. The second kappa shape index (κ2) is 9.50. The highest BCUT2D eigenvalue weighted by molar-refractivity contribution is 5.59. The molecule has 8 heteroatoms. The molecule has 0 radical (unpaired) electrons. The number of benzene rings is 1. The average molecular weight is 525 g/mol. The molecule has 1 aromatic heterocycles. The first-order valence-electron chi connectivity index (χ1n) is 13.6. The lowest BCUT2D eigenvalue weighted by Crippen LogP contribution is -2.54. The average Bonchev–Trinajstić information content (AvgIpc) is 3.62. The summed E-state index contributed by atoms with van der Waals surface area (Å²) in [5, 5.41) is 44.4. The number of methoxy groups -OCH3 is 1. The predicted molar refractivity (Wildman–Crippen MR) is 142 cm³/mol. The van der Waals surface area contributed by atoms with E-state index in [1.165, 1.54) is 13.2 Å². The molecule has 2 fully saturated rings. The van der Waals surface area contributed by atoms with Crippen molar-refractivity contribution in [1.29, 1.82) is 10.5 Å². The van der Waals surface area contributed by atoms with Crippen molar-refractivity contribution in [2.45, 2.75) is 37.1 Å². The molecule has 2 aromatic rings. The number of fused-ring (bicyclic) bond motifs is 3. The second-order valence-corrected chi connectivity index (χ2v) is 11.1. The number of hydrogen-bond donors (Lipinski definition) is 2. The van der Waals surface area contributed by atoms with E-state index in [4.69, 9.17) is 9.47 Å². The van der Waals surface area contributed by atoms with Gasteiger partial charge in [-0.2, -0.15) is 10.5 Å². The van der Waals surface area contributed by atoms with Gasteiger partial charge in [0, 0.05) is 24.4 Å². The Labute approximate surface area is 228 Å². The molecule has 1 saturated heterocycles. The van der Waals surface area contributed by atoms with Crippen LogP contribution in [0.25, 0.3) is 0 Å². The minimum atomic E-state index is -1.92. The topological polar surface area (TPSA) is 123 Å². The van der Waals surface area contributed by atoms with E-state index in [2.05, 4.69) is 35.0 Å². The highest BCUT2D eigenvalue weighted by atomic mass is 16.5. The highest BCUT2D eigenvalue weighted by Crippen LogP contribution is 2.69. The van der Waals surface area contributed by atoms with Gasteiger partial charge in [-0.05, 0) is 55.5 Å². The first-order valence-corrected chi connectivity index (χ1v) is 13.6. The van der Waals surface area contributed by atoms with Crippen LogP contribution in [0, 0.1) is 46.3 Å². The standard InChI is InChI=1S/C31H32N4O4/c1-19-7-3-4-8-23(19)26-24(18-35-13-5-6-14-35)28(36)30(37)27-25(15-22(17-33)34-29(27)38-2)39-31(26,30)21-11-9-20(16-32)10-12-21/h3-4,7-12,15,19,23-24,26,28,36-37H,5-6,13-14,18H2,1-2H3/t19?,23?,24-,26-,28-,30+,31+/m1/s1. The maximum Gasteiger partial charge on any atom is 0.224 e. The van der Waals surface area contributed by atoms with Crippen molar-refractivity contribution in [3.63, 3.8) is 0 Å². The Hall–Kier alpha value is -3.69. The first-order chi connectivity index (χ1) is 18.9. The predicted octanol–water partition coefficient (Wildman–Crippen LogP) is 3.39. The monoisotopic (exact) mass is 524 g/mol. The third-order valence-electron chi connectivity index (χ3n) is 9.23. The largest absolute Gasteiger partial charge is 0.481 e. The van der Waals surface area contributed by atoms with E-state index in [0.29, 0.717) is 17.7 Å². The number of hydrogen-bond acceptors (Lipinski definition) is 8. The number of aliphatic hydroxyl groups excluding tert-OH is 1. The van der Waals surface area contributed by atoms with Crippen LogP contribution in [0.5, 0.6) is 11.6 Å². The summed E-state index contributed by atoms with van der Waals surface area (Å²) >= 11 is 0. The summed E-state index contributed by atoms with van der Waals surface area (Å²) in [6.07, 6.45) is 9.34. The van der Waals surface area contributed by atoms with E-state index in [0.717, 1.165) is 25.9 Å². The molecule has 1 aromatic carbocycles. The Morgan fingerprint density at radius 3 is 2.49 bits per heavy atom. The molecule has 2 aliphatic heterocycles. The van der Waals surface area contributed by atoms with E-state index in [-0.39, 0.29) is 46.6 Å². The molecule has 8 nitrogen and oxygen atoms in total. The Morgan fingerprint density at radius 1 is 1.13 bits per heavy atom. The van der Waals surface area contributed by atoms with Crippen LogP contribution in [-0.4, -0.2) is 52.9 Å². The summed E-state index contributed by atoms with van der Waals surface area (Å²) in [7, 11) is 1.44. The molecule has 6 rings (SSSR count). The minimum absolute atomic E-state index is 0.0637. The number of nitrogens with zero attached hydrogens (tertiary/aromatic N) is 4. The zero-order chi connectivity index (χ0) is 27.4. The van der Waals surface area contributed by atoms with Crippen molar-refractivity contribution in [1.82, 2.24) is 9.88 Å². The summed E-state index contributed by atoms with van der Waals surface area (Å²) in [6.45, 7) is 4.65. The maximum atomic E-state index is 13.0. The summed E-state index contributed by atoms with van der Waals surface area (Å²) in [5.41, 5.74) is -1.85. The fraction of sp³-hybridized carbons (Fsp3) is 0.452. The van der Waals surface area contributed by atoms with Gasteiger partial charge in [-0.15, -0.1) is 0 Å². The third kappa shape index (κ3) is 3.56. The van der Waals surface area contributed by atoms with Crippen LogP contribution in [0.15, 0.2) is 54.6 Å². The van der Waals surface area contributed by atoms with Crippen LogP contribution in [-0.2, 0) is 11.2 Å². The van der Waals surface area contributed by atoms with Crippen molar-refractivity contribution in [2.75, 3.05) is 26.7 Å². The lowest BCUT2D eigenvalue weighted by Gasteiger charge is -2.44. The molecule has 0 spiro atoms. The molecule has 7 atom stereocenters. The van der Waals surface area contributed by atoms with Crippen molar-refractivity contribution in [3.8, 4) is 23.8 Å². The number of pyridine rings is 1. The van der Waals surface area contributed by atoms with Crippen LogP contribution >= 0.6 is 0 Å². The van der Waals surface area contributed by atoms with Gasteiger partial charge in [0.05, 0.1) is 30.4 Å². The summed E-state index contributed by atoms with van der Waals surface area (Å²) < 4.78 is 12.5. The quantitative estimate of drug-likeness (QED) is 0.610. The van der Waals surface area contributed by atoms with Crippen molar-refractivity contribution in [3.05, 3.63) is 77.0 Å². The molecular formula is C31H32N4O4. The van der Waals surface area contributed by atoms with Crippen molar-refractivity contribution in [2.24, 2.45) is 23.7 Å². The maximum absolute atomic E-state index is 13.0. The molecule has 2 unspecified atom stereocenters. The van der Waals surface area contributed by atoms with Crippen molar-refractivity contribution < 1.29 is 19.7 Å². The molecule has 4 aliphatic rings. The number of aromatic nitrogens is 1. The number of aliphatic hydroxyl groups is 2. The number of allylic oxidation sites excluding steroid dienone is 4. The lowest BCUT2D eigenvalue weighted by molar-refractivity contribution is -0.162. The fourth-order valence-corrected chi connectivity index (χ4v) is 7.55. The van der Waals surface area contributed by atoms with Crippen molar-refractivity contribution >= 4 is 0 Å². The molecule has 0 amide bonds. The van der Waals surface area contributed by atoms with E-state index in [9.17, 15) is 20.7 Å². The molecule has 3 heterocycles. The summed E-state index contributed by atoms with van der Waals surface area (Å²) in [6, 6.07) is 12.8. The van der Waals surface area contributed by atoms with Gasteiger partial charge in [0.2, 0.25) is 5.88 Å². The molecular weight excluding hydrogens is 492 g/mol. The van der Waals surface area contributed by atoms with Gasteiger partial charge in [0.15, 0.2) is 11.2 Å². The fourth-order valence-electron chi connectivity index (χ4n) is 7.55. The molecule has 200 valence electrons. The third-order valence-corrected chi connectivity index (χ3v) is 9.23. The van der Waals surface area contributed by atoms with Crippen LogP contribution in [0.4, 0.5) is 0 Å². The highest BCUT2D eigenvalue weighted by Gasteiger charge is 2.77. The van der Waals surface area contributed by atoms with Gasteiger partial charge < -0.3 is 24.6 Å². The molecule has 2 N–H and O–H groups in total. The van der Waals surface area contributed by atoms with Crippen LogP contribution in [0.1, 0.15) is 42.1 Å². The number of ether oxygens (including phenoxy) is 2. The van der Waals surface area contributed by atoms with Gasteiger partial charge in [-0.1, -0.05) is 43.4 Å². The van der Waals surface area contributed by atoms with Gasteiger partial charge in [0.25, 0.3) is 0 Å². The van der Waals surface area contributed by atoms with Gasteiger partial charge in [-0.3, -0.25) is 0 Å². The van der Waals surface area contributed by atoms with Gasteiger partial charge >= 0.3 is 0 Å². The van der Waals surface area contributed by atoms with E-state index in [1.54, 1.807) is 12.1 Å². The van der Waals surface area contributed by atoms with Crippen LogP contribution in [0.2, 0.25) is 0 Å². The Morgan fingerprint density at radius 2 is 1.85 bits per heavy atom. The SMILES string of the molecule is COc1nc(C#N)cc2c1[C@]1(O)[C@H](O)[C@H](CN3CCCC3)[C@@H](C3C=CC=CC3C)[C@]1(c1ccc(C#N)cc1)O2. The summed E-state index contributed by atoms with van der Waals surface area (Å²) in [4.78, 5) is 6.70. The van der Waals surface area contributed by atoms with E-state index in [1.807, 2.05) is 30.4 Å². The zero-order valence-electron chi connectivity index (χ0n) is 22.1. The Bertz CT molecular complexity index is 1420. The second-order valence-electron chi connectivity index (χ2n) is 11.1. The zero-order valence-corrected chi connectivity index (χ0v) is 22.1. The van der Waals surface area contributed by atoms with E-state index >= 15 is 0 Å². The number of likely N-dealkylation sites (tertiary alicyclic amines) is 1. The van der Waals surface area contributed by atoms with Gasteiger partial charge in [-0.25, -0.2) is 4.98 Å². The normalized spacial score (nSPS) is 34.7. The molecule has 0 bridgehead atoms. The Kier molecular flexibility index (Phi) is 6.23. The van der Waals surface area contributed by atoms with Crippen LogP contribution in [0.3, 0.4) is 0 Å². The molecule has 39 heavy (non-hydrogen) atoms. The van der Waals surface area contributed by atoms with Crippen LogP contribution < -0.4 is 9.47 Å². The molecule has 1 saturated carbocycles.